The molecule has 0 fully saturated rings. The summed E-state index contributed by atoms with van der Waals surface area (Å²) in [7, 11) is 0. The van der Waals surface area contributed by atoms with Crippen molar-refractivity contribution in [3.8, 4) is 0 Å². The maximum absolute atomic E-state index is 12.4. The minimum atomic E-state index is -1.13. The van der Waals surface area contributed by atoms with Gasteiger partial charge in [0.1, 0.15) is 11.7 Å². The number of benzene rings is 1. The molecule has 3 aromatic rings. The Morgan fingerprint density at radius 1 is 1.23 bits per heavy atom. The van der Waals surface area contributed by atoms with Gasteiger partial charge in [-0.3, -0.25) is 9.48 Å². The largest absolute Gasteiger partial charge is 0.477 e. The number of carbonyl (C=O) groups is 2. The van der Waals surface area contributed by atoms with Crippen molar-refractivity contribution in [2.45, 2.75) is 19.5 Å². The average molecular weight is 418 g/mol. The van der Waals surface area contributed by atoms with Crippen LogP contribution in [0.25, 0.3) is 0 Å². The predicted molar refractivity (Wildman–Crippen MR) is 98.0 cm³/mol. The van der Waals surface area contributed by atoms with Crippen molar-refractivity contribution in [2.24, 2.45) is 0 Å². The molecule has 134 valence electrons. The second kappa shape index (κ2) is 7.52. The molecule has 9 heteroatoms. The molecule has 0 radical (unpaired) electrons. The van der Waals surface area contributed by atoms with E-state index < -0.39 is 12.0 Å². The van der Waals surface area contributed by atoms with Crippen molar-refractivity contribution in [1.82, 2.24) is 19.6 Å². The molecule has 0 saturated carbocycles. The van der Waals surface area contributed by atoms with E-state index in [-0.39, 0.29) is 11.6 Å². The van der Waals surface area contributed by atoms with Gasteiger partial charge in [0.05, 0.1) is 18.4 Å². The zero-order valence-electron chi connectivity index (χ0n) is 13.8. The third kappa shape index (κ3) is 3.99. The van der Waals surface area contributed by atoms with Gasteiger partial charge in [-0.25, -0.2) is 9.48 Å². The van der Waals surface area contributed by atoms with Crippen molar-refractivity contribution in [3.05, 3.63) is 64.7 Å². The molecule has 0 aliphatic heterocycles. The molecule has 8 nitrogen and oxygen atoms in total. The number of aromatic nitrogens is 4. The number of aromatic carboxylic acids is 1. The van der Waals surface area contributed by atoms with Gasteiger partial charge >= 0.3 is 5.97 Å². The number of nitrogens with zero attached hydrogens (tertiary/aromatic N) is 4. The van der Waals surface area contributed by atoms with Crippen LogP contribution in [0.4, 0.5) is 5.69 Å². The highest BCUT2D eigenvalue weighted by atomic mass is 79.9. The third-order valence-electron chi connectivity index (χ3n) is 3.79. The minimum absolute atomic E-state index is 0.0430. The summed E-state index contributed by atoms with van der Waals surface area (Å²) in [6, 6.07) is 8.45. The molecular weight excluding hydrogens is 402 g/mol. The zero-order chi connectivity index (χ0) is 18.7. The summed E-state index contributed by atoms with van der Waals surface area (Å²) in [5.74, 6) is -1.51. The smallest absolute Gasteiger partial charge is 0.354 e. The predicted octanol–water partition coefficient (Wildman–Crippen LogP) is 2.79. The zero-order valence-corrected chi connectivity index (χ0v) is 15.4. The van der Waals surface area contributed by atoms with Crippen molar-refractivity contribution in [3.63, 3.8) is 0 Å². The third-order valence-corrected chi connectivity index (χ3v) is 4.32. The van der Waals surface area contributed by atoms with Crippen LogP contribution in [0, 0.1) is 0 Å². The van der Waals surface area contributed by atoms with Gasteiger partial charge in [-0.1, -0.05) is 28.1 Å². The number of carboxylic acids is 1. The van der Waals surface area contributed by atoms with Crippen molar-refractivity contribution < 1.29 is 14.7 Å². The molecule has 2 N–H and O–H groups in total. The van der Waals surface area contributed by atoms with Gasteiger partial charge in [0.15, 0.2) is 0 Å². The van der Waals surface area contributed by atoms with Gasteiger partial charge in [0.25, 0.3) is 0 Å². The monoisotopic (exact) mass is 417 g/mol. The number of halogens is 1. The highest BCUT2D eigenvalue weighted by Crippen LogP contribution is 2.15. The molecule has 2 heterocycles. The second-order valence-electron chi connectivity index (χ2n) is 5.68. The molecular formula is C17H16BrN5O3. The highest BCUT2D eigenvalue weighted by Gasteiger charge is 2.21. The van der Waals surface area contributed by atoms with E-state index in [0.29, 0.717) is 12.2 Å². The standard InChI is InChI=1S/C17H16BrN5O3/c1-11(23-15(17(25)26)6-7-19-23)16(24)21-14-8-20-22(10-14)9-12-2-4-13(18)5-3-12/h2-8,10-11H,9H2,1H3,(H,21,24)(H,25,26). The molecule has 0 spiro atoms. The van der Waals surface area contributed by atoms with E-state index in [1.807, 2.05) is 24.3 Å². The molecule has 2 aromatic heterocycles. The fourth-order valence-electron chi connectivity index (χ4n) is 2.44. The SMILES string of the molecule is CC(C(=O)Nc1cnn(Cc2ccc(Br)cc2)c1)n1nccc1C(=O)O. The fraction of sp³-hybridized carbons (Fsp3) is 0.176. The lowest BCUT2D eigenvalue weighted by atomic mass is 10.2. The molecule has 1 atom stereocenters. The number of amides is 1. The van der Waals surface area contributed by atoms with Gasteiger partial charge < -0.3 is 10.4 Å². The summed E-state index contributed by atoms with van der Waals surface area (Å²) in [5.41, 5.74) is 1.56. The Morgan fingerprint density at radius 3 is 2.65 bits per heavy atom. The van der Waals surface area contributed by atoms with Crippen LogP contribution in [0.2, 0.25) is 0 Å². The summed E-state index contributed by atoms with van der Waals surface area (Å²) in [6.07, 6.45) is 4.61. The number of anilines is 1. The van der Waals surface area contributed by atoms with Crippen LogP contribution in [-0.4, -0.2) is 36.5 Å². The number of rotatable bonds is 6. The topological polar surface area (TPSA) is 102 Å². The summed E-state index contributed by atoms with van der Waals surface area (Å²) in [5, 5.41) is 20.0. The Bertz CT molecular complexity index is 932. The van der Waals surface area contributed by atoms with Gasteiger partial charge in [0, 0.05) is 16.9 Å². The van der Waals surface area contributed by atoms with Crippen LogP contribution in [0.5, 0.6) is 0 Å². The van der Waals surface area contributed by atoms with Gasteiger partial charge in [-0.05, 0) is 30.7 Å². The first-order chi connectivity index (χ1) is 12.4. The normalized spacial score (nSPS) is 11.9. The lowest BCUT2D eigenvalue weighted by Crippen LogP contribution is -2.26. The van der Waals surface area contributed by atoms with Gasteiger partial charge in [-0.15, -0.1) is 0 Å². The van der Waals surface area contributed by atoms with Crippen molar-refractivity contribution in [2.75, 3.05) is 5.32 Å². The van der Waals surface area contributed by atoms with Crippen LogP contribution < -0.4 is 5.32 Å². The molecule has 1 aromatic carbocycles. The average Bonchev–Trinajstić information content (AvgIpc) is 3.25. The van der Waals surface area contributed by atoms with Crippen LogP contribution >= 0.6 is 15.9 Å². The first-order valence-corrected chi connectivity index (χ1v) is 8.58. The molecule has 1 unspecified atom stereocenters. The molecule has 0 aliphatic carbocycles. The Kier molecular flexibility index (Phi) is 5.17. The van der Waals surface area contributed by atoms with E-state index in [0.717, 1.165) is 10.0 Å². The Balaban J connectivity index is 1.66. The van der Waals surface area contributed by atoms with Crippen molar-refractivity contribution >= 4 is 33.5 Å². The number of carbonyl (C=O) groups excluding carboxylic acids is 1. The molecule has 1 amide bonds. The molecule has 0 bridgehead atoms. The molecule has 3 rings (SSSR count). The van der Waals surface area contributed by atoms with Crippen LogP contribution in [-0.2, 0) is 11.3 Å². The summed E-state index contributed by atoms with van der Waals surface area (Å²) < 4.78 is 3.88. The molecule has 26 heavy (non-hydrogen) atoms. The first-order valence-electron chi connectivity index (χ1n) is 7.78. The summed E-state index contributed by atoms with van der Waals surface area (Å²) in [6.45, 7) is 2.15. The van der Waals surface area contributed by atoms with E-state index >= 15 is 0 Å². The van der Waals surface area contributed by atoms with E-state index in [9.17, 15) is 9.59 Å². The fourth-order valence-corrected chi connectivity index (χ4v) is 2.71. The number of carboxylic acid groups (broad SMARTS) is 1. The lowest BCUT2D eigenvalue weighted by Gasteiger charge is -2.13. The van der Waals surface area contributed by atoms with E-state index in [1.165, 1.54) is 16.9 Å². The Hall–Kier alpha value is -2.94. The number of nitrogens with one attached hydrogen (secondary N) is 1. The van der Waals surface area contributed by atoms with Crippen LogP contribution in [0.1, 0.15) is 29.0 Å². The summed E-state index contributed by atoms with van der Waals surface area (Å²) >= 11 is 3.39. The molecule has 0 saturated heterocycles. The van der Waals surface area contributed by atoms with E-state index in [1.54, 1.807) is 24.0 Å². The summed E-state index contributed by atoms with van der Waals surface area (Å²) in [4.78, 5) is 23.5. The number of hydrogen-bond acceptors (Lipinski definition) is 4. The van der Waals surface area contributed by atoms with E-state index in [4.69, 9.17) is 5.11 Å². The van der Waals surface area contributed by atoms with Crippen LogP contribution in [0.3, 0.4) is 0 Å². The van der Waals surface area contributed by atoms with E-state index in [2.05, 4.69) is 31.4 Å². The Morgan fingerprint density at radius 2 is 1.96 bits per heavy atom. The maximum Gasteiger partial charge on any atom is 0.354 e. The quantitative estimate of drug-likeness (QED) is 0.641. The molecule has 0 aliphatic rings. The first kappa shape index (κ1) is 17.9. The van der Waals surface area contributed by atoms with Gasteiger partial charge in [0.2, 0.25) is 5.91 Å². The second-order valence-corrected chi connectivity index (χ2v) is 6.60. The maximum atomic E-state index is 12.4. The lowest BCUT2D eigenvalue weighted by molar-refractivity contribution is -0.119. The highest BCUT2D eigenvalue weighted by molar-refractivity contribution is 9.10. The Labute approximate surface area is 157 Å². The van der Waals surface area contributed by atoms with Crippen molar-refractivity contribution in [1.29, 1.82) is 0 Å². The van der Waals surface area contributed by atoms with Crippen LogP contribution in [0.15, 0.2) is 53.4 Å². The minimum Gasteiger partial charge on any atom is -0.477 e. The number of hydrogen-bond donors (Lipinski definition) is 2. The van der Waals surface area contributed by atoms with Gasteiger partial charge in [-0.2, -0.15) is 10.2 Å².